The molecule has 11 heteroatoms. The lowest BCUT2D eigenvalue weighted by atomic mass is 9.71. The predicted molar refractivity (Wildman–Crippen MR) is 157 cm³/mol. The summed E-state index contributed by atoms with van der Waals surface area (Å²) in [5, 5.41) is 9.14. The average molecular weight is 600 g/mol. The van der Waals surface area contributed by atoms with E-state index in [1.54, 1.807) is 30.3 Å². The molecular formula is C30H38ClN5O4S. The lowest BCUT2D eigenvalue weighted by molar-refractivity contribution is -0.127. The molecule has 2 heterocycles. The number of carbonyl (C=O) groups is 1. The zero-order valence-corrected chi connectivity index (χ0v) is 25.4. The fourth-order valence-corrected chi connectivity index (χ4v) is 7.34. The van der Waals surface area contributed by atoms with Crippen molar-refractivity contribution in [2.24, 2.45) is 11.1 Å². The fraction of sp³-hybridized carbons (Fsp3) is 0.500. The Bertz CT molecular complexity index is 1520. The van der Waals surface area contributed by atoms with Crippen LogP contribution in [0.15, 0.2) is 53.6 Å². The number of ether oxygens (including phenoxy) is 1. The summed E-state index contributed by atoms with van der Waals surface area (Å²) in [7, 11) is -3.84. The van der Waals surface area contributed by atoms with Gasteiger partial charge in [0.15, 0.2) is 0 Å². The number of primary amides is 1. The molecule has 220 valence electrons. The van der Waals surface area contributed by atoms with Crippen molar-refractivity contribution in [1.82, 2.24) is 19.3 Å². The van der Waals surface area contributed by atoms with Crippen LogP contribution in [0.3, 0.4) is 0 Å². The number of hydrogen-bond acceptors (Lipinski definition) is 6. The Morgan fingerprint density at radius 3 is 2.66 bits per heavy atom. The molecule has 1 unspecified atom stereocenters. The van der Waals surface area contributed by atoms with E-state index >= 15 is 0 Å². The highest BCUT2D eigenvalue weighted by atomic mass is 35.5. The van der Waals surface area contributed by atoms with E-state index in [4.69, 9.17) is 22.1 Å². The number of halogens is 1. The van der Waals surface area contributed by atoms with E-state index in [0.29, 0.717) is 41.6 Å². The van der Waals surface area contributed by atoms with Gasteiger partial charge in [0, 0.05) is 17.8 Å². The van der Waals surface area contributed by atoms with Crippen LogP contribution >= 0.6 is 11.6 Å². The van der Waals surface area contributed by atoms with Gasteiger partial charge in [-0.15, -0.1) is 5.10 Å². The second kappa shape index (κ2) is 11.7. The fourth-order valence-electron chi connectivity index (χ4n) is 5.59. The molecule has 1 amide bonds. The van der Waals surface area contributed by atoms with Crippen molar-refractivity contribution in [3.63, 3.8) is 0 Å². The molecule has 2 atom stereocenters. The molecule has 1 aromatic heterocycles. The number of nitrogens with two attached hydrogens (primary N) is 1. The van der Waals surface area contributed by atoms with E-state index in [0.717, 1.165) is 24.1 Å². The van der Waals surface area contributed by atoms with Crippen molar-refractivity contribution in [3.05, 3.63) is 70.5 Å². The van der Waals surface area contributed by atoms with Gasteiger partial charge in [-0.05, 0) is 73.8 Å². The molecule has 0 saturated heterocycles. The molecule has 41 heavy (non-hydrogen) atoms. The van der Waals surface area contributed by atoms with Crippen molar-refractivity contribution in [3.8, 4) is 5.75 Å². The number of fused-ring (bicyclic) bond motifs is 1. The summed E-state index contributed by atoms with van der Waals surface area (Å²) < 4.78 is 36.9. The van der Waals surface area contributed by atoms with E-state index in [1.165, 1.54) is 10.7 Å². The van der Waals surface area contributed by atoms with E-state index < -0.39 is 21.3 Å². The summed E-state index contributed by atoms with van der Waals surface area (Å²) in [4.78, 5) is 12.8. The highest BCUT2D eigenvalue weighted by molar-refractivity contribution is 7.89. The summed E-state index contributed by atoms with van der Waals surface area (Å²) in [6, 6.07) is 12.7. The molecule has 1 saturated carbocycles. The predicted octanol–water partition coefficient (Wildman–Crippen LogP) is 5.25. The van der Waals surface area contributed by atoms with Crippen LogP contribution in [0.25, 0.3) is 0 Å². The number of aromatic nitrogens is 3. The topological polar surface area (TPSA) is 120 Å². The smallest absolute Gasteiger partial charge is 0.247 e. The lowest BCUT2D eigenvalue weighted by Gasteiger charge is -2.32. The minimum absolute atomic E-state index is 0.0721. The van der Waals surface area contributed by atoms with Crippen molar-refractivity contribution < 1.29 is 17.9 Å². The third-order valence-electron chi connectivity index (χ3n) is 8.64. The van der Waals surface area contributed by atoms with Gasteiger partial charge in [0.05, 0.1) is 23.7 Å². The summed E-state index contributed by atoms with van der Waals surface area (Å²) in [5.41, 5.74) is 7.42. The van der Waals surface area contributed by atoms with Crippen LogP contribution in [0, 0.1) is 5.41 Å². The van der Waals surface area contributed by atoms with Gasteiger partial charge < -0.3 is 10.5 Å². The maximum Gasteiger partial charge on any atom is 0.247 e. The summed E-state index contributed by atoms with van der Waals surface area (Å²) in [6.07, 6.45) is 7.04. The molecule has 0 spiro atoms. The molecule has 1 fully saturated rings. The molecule has 2 aliphatic rings. The number of para-hydroxylation sites is 1. The molecule has 0 bridgehead atoms. The minimum Gasteiger partial charge on any atom is -0.488 e. The maximum atomic E-state index is 13.7. The lowest BCUT2D eigenvalue weighted by Crippen LogP contribution is -2.38. The van der Waals surface area contributed by atoms with Crippen molar-refractivity contribution in [2.45, 2.75) is 88.8 Å². The van der Waals surface area contributed by atoms with Crippen LogP contribution in [0.4, 0.5) is 0 Å². The normalized spacial score (nSPS) is 20.0. The average Bonchev–Trinajstić information content (AvgIpc) is 3.32. The number of rotatable bonds is 10. The van der Waals surface area contributed by atoms with Crippen LogP contribution in [-0.2, 0) is 27.8 Å². The molecular weight excluding hydrogens is 562 g/mol. The van der Waals surface area contributed by atoms with Gasteiger partial charge in [-0.25, -0.2) is 13.1 Å². The highest BCUT2D eigenvalue weighted by Crippen LogP contribution is 2.41. The quantitative estimate of drug-likeness (QED) is 0.340. The first-order valence-corrected chi connectivity index (χ1v) is 16.1. The van der Waals surface area contributed by atoms with Gasteiger partial charge >= 0.3 is 0 Å². The molecule has 1 aliphatic carbocycles. The summed E-state index contributed by atoms with van der Waals surface area (Å²) in [6.45, 7) is 5.93. The van der Waals surface area contributed by atoms with Gasteiger partial charge in [0.1, 0.15) is 16.7 Å². The first-order valence-electron chi connectivity index (χ1n) is 14.3. The number of benzene rings is 2. The molecule has 9 nitrogen and oxygen atoms in total. The third-order valence-corrected chi connectivity index (χ3v) is 10.9. The standard InChI is InChI=1S/C30H38ClN5O4S/c1-4-24-19-35(41(38,39)28-11-6-5-10-27(28)40-24)17-21-16-20(12-15-26(21)31)25(30(2,3)29(32)37)14-13-22-18-36(34-33-22)23-8-7-9-23/h5-6,10-12,15-16,18,23-25H,4,7-9,13-14,17,19H2,1-3H3,(H2,32,37)/t24-,25?/m1/s1. The minimum atomic E-state index is -3.84. The SMILES string of the molecule is CC[C@@H]1CN(Cc2cc(C(CCc3cn(C4CCC4)nn3)C(C)(C)C(N)=O)ccc2Cl)S(=O)(=O)c2ccccc2O1. The number of carbonyl (C=O) groups excluding carboxylic acids is 1. The van der Waals surface area contributed by atoms with Gasteiger partial charge in [0.25, 0.3) is 0 Å². The Kier molecular flexibility index (Phi) is 8.46. The van der Waals surface area contributed by atoms with Crippen molar-refractivity contribution in [1.29, 1.82) is 0 Å². The van der Waals surface area contributed by atoms with Crippen LogP contribution < -0.4 is 10.5 Å². The summed E-state index contributed by atoms with van der Waals surface area (Å²) >= 11 is 6.66. The number of nitrogens with zero attached hydrogens (tertiary/aromatic N) is 4. The highest BCUT2D eigenvalue weighted by Gasteiger charge is 2.38. The Hall–Kier alpha value is -2.95. The van der Waals surface area contributed by atoms with E-state index in [9.17, 15) is 13.2 Å². The van der Waals surface area contributed by atoms with Crippen molar-refractivity contribution >= 4 is 27.5 Å². The Morgan fingerprint density at radius 2 is 1.98 bits per heavy atom. The first kappa shape index (κ1) is 29.5. The van der Waals surface area contributed by atoms with Crippen LogP contribution in [0.1, 0.15) is 81.7 Å². The van der Waals surface area contributed by atoms with E-state index in [1.807, 2.05) is 43.8 Å². The Balaban J connectivity index is 1.44. The zero-order chi connectivity index (χ0) is 29.4. The Morgan fingerprint density at radius 1 is 1.22 bits per heavy atom. The number of amides is 1. The second-order valence-corrected chi connectivity index (χ2v) is 14.0. The molecule has 1 aliphatic heterocycles. The first-order chi connectivity index (χ1) is 19.5. The third kappa shape index (κ3) is 6.01. The molecule has 3 aromatic rings. The number of hydrogen-bond donors (Lipinski definition) is 1. The van der Waals surface area contributed by atoms with Gasteiger partial charge in [-0.2, -0.15) is 4.31 Å². The van der Waals surface area contributed by atoms with Gasteiger partial charge in [-0.1, -0.05) is 61.9 Å². The number of aryl methyl sites for hydroxylation is 1. The van der Waals surface area contributed by atoms with Crippen LogP contribution in [0.5, 0.6) is 5.75 Å². The largest absolute Gasteiger partial charge is 0.488 e. The van der Waals surface area contributed by atoms with Gasteiger partial charge in [0.2, 0.25) is 15.9 Å². The number of sulfonamides is 1. The molecule has 2 N–H and O–H groups in total. The van der Waals surface area contributed by atoms with Crippen LogP contribution in [0.2, 0.25) is 5.02 Å². The molecule has 2 aromatic carbocycles. The monoisotopic (exact) mass is 599 g/mol. The maximum absolute atomic E-state index is 13.7. The second-order valence-electron chi connectivity index (χ2n) is 11.7. The van der Waals surface area contributed by atoms with E-state index in [-0.39, 0.29) is 30.0 Å². The Labute approximate surface area is 247 Å². The summed E-state index contributed by atoms with van der Waals surface area (Å²) in [5.74, 6) is -0.302. The molecule has 0 radical (unpaired) electrons. The van der Waals surface area contributed by atoms with Crippen molar-refractivity contribution in [2.75, 3.05) is 6.54 Å². The molecule has 5 rings (SSSR count). The van der Waals surface area contributed by atoms with Crippen LogP contribution in [-0.4, -0.2) is 46.3 Å². The van der Waals surface area contributed by atoms with Gasteiger partial charge in [-0.3, -0.25) is 4.79 Å². The zero-order valence-electron chi connectivity index (χ0n) is 23.8. The van der Waals surface area contributed by atoms with E-state index in [2.05, 4.69) is 10.3 Å².